The average Bonchev–Trinajstić information content (AvgIpc) is 2.85. The van der Waals surface area contributed by atoms with Crippen LogP contribution in [0.3, 0.4) is 0 Å². The second-order valence-corrected chi connectivity index (χ2v) is 4.73. The summed E-state index contributed by atoms with van der Waals surface area (Å²) in [5, 5.41) is 0. The number of likely N-dealkylation sites (N-methyl/N-ethyl adjacent to an activating group) is 1. The van der Waals surface area contributed by atoms with Gasteiger partial charge in [0.25, 0.3) is 0 Å². The van der Waals surface area contributed by atoms with E-state index in [2.05, 4.69) is 36.0 Å². The minimum atomic E-state index is 0.596. The molecule has 0 fully saturated rings. The zero-order valence-electron chi connectivity index (χ0n) is 13.7. The molecular weight excluding hydrogens is 260 g/mol. The van der Waals surface area contributed by atoms with E-state index >= 15 is 0 Å². The van der Waals surface area contributed by atoms with Crippen LogP contribution in [-0.4, -0.2) is 34.6 Å². The number of hydrogen-bond acceptors (Lipinski definition) is 3. The Morgan fingerprint density at radius 2 is 1.90 bits per heavy atom. The normalized spacial score (nSPS) is 14.1. The minimum absolute atomic E-state index is 0.596. The quantitative estimate of drug-likeness (QED) is 0.816. The Hall–Kier alpha value is -1.81. The summed E-state index contributed by atoms with van der Waals surface area (Å²) in [4.78, 5) is 6.53. The van der Waals surface area contributed by atoms with E-state index in [-0.39, 0.29) is 0 Å². The first-order valence-corrected chi connectivity index (χ1v) is 7.76. The number of imidazole rings is 1. The van der Waals surface area contributed by atoms with Gasteiger partial charge in [-0.25, -0.2) is 4.98 Å². The zero-order chi connectivity index (χ0) is 15.7. The summed E-state index contributed by atoms with van der Waals surface area (Å²) < 4.78 is 2.00. The summed E-state index contributed by atoms with van der Waals surface area (Å²) in [6.07, 6.45) is 5.68. The van der Waals surface area contributed by atoms with Crippen molar-refractivity contribution in [3.63, 3.8) is 0 Å². The molecule has 2 heterocycles. The van der Waals surface area contributed by atoms with Crippen LogP contribution in [0.4, 0.5) is 5.95 Å². The number of nitrogens with two attached hydrogens (primary N) is 1. The number of hydrogen-bond donors (Lipinski definition) is 1. The minimum Gasteiger partial charge on any atom is -0.369 e. The van der Waals surface area contributed by atoms with Crippen LogP contribution in [0.5, 0.6) is 0 Å². The maximum absolute atomic E-state index is 5.72. The molecule has 0 saturated heterocycles. The fourth-order valence-corrected chi connectivity index (χ4v) is 2.19. The van der Waals surface area contributed by atoms with E-state index in [1.165, 1.54) is 13.0 Å². The van der Waals surface area contributed by atoms with Crippen molar-refractivity contribution in [2.24, 2.45) is 0 Å². The molecule has 1 aromatic heterocycles. The zero-order valence-corrected chi connectivity index (χ0v) is 13.7. The van der Waals surface area contributed by atoms with Gasteiger partial charge in [0.15, 0.2) is 0 Å². The molecule has 116 valence electrons. The van der Waals surface area contributed by atoms with Gasteiger partial charge in [0.05, 0.1) is 11.0 Å². The first-order valence-electron chi connectivity index (χ1n) is 7.76. The lowest BCUT2D eigenvalue weighted by atomic mass is 10.3. The maximum atomic E-state index is 5.72. The topological polar surface area (TPSA) is 47.1 Å². The Morgan fingerprint density at radius 1 is 1.19 bits per heavy atom. The summed E-state index contributed by atoms with van der Waals surface area (Å²) in [6, 6.07) is 7.96. The summed E-state index contributed by atoms with van der Waals surface area (Å²) >= 11 is 0. The first kappa shape index (κ1) is 17.2. The van der Waals surface area contributed by atoms with Gasteiger partial charge < -0.3 is 15.2 Å². The van der Waals surface area contributed by atoms with E-state index in [4.69, 9.17) is 5.73 Å². The highest BCUT2D eigenvalue weighted by molar-refractivity contribution is 5.78. The molecule has 2 aromatic rings. The van der Waals surface area contributed by atoms with Gasteiger partial charge in [-0.15, -0.1) is 0 Å². The molecule has 4 heteroatoms. The number of benzene rings is 1. The standard InChI is InChI=1S/C9H11N3.C6H11N.C2H6/c1-2-12-8-6-4-3-5-7(8)11-9(12)10;1-7-5-3-2-4-6-7;1-2/h3-6H,2H2,1H3,(H2,10,11);2-3H,4-6H2,1H3;1-2H3. The second-order valence-electron chi connectivity index (χ2n) is 4.73. The Kier molecular flexibility index (Phi) is 7.54. The van der Waals surface area contributed by atoms with Crippen LogP contribution in [0, 0.1) is 0 Å². The van der Waals surface area contributed by atoms with E-state index in [0.29, 0.717) is 5.95 Å². The molecule has 0 amide bonds. The molecule has 21 heavy (non-hydrogen) atoms. The molecule has 0 spiro atoms. The monoisotopic (exact) mass is 288 g/mol. The molecule has 2 N–H and O–H groups in total. The van der Waals surface area contributed by atoms with Gasteiger partial charge in [-0.3, -0.25) is 0 Å². The van der Waals surface area contributed by atoms with Gasteiger partial charge in [-0.2, -0.15) is 0 Å². The van der Waals surface area contributed by atoms with Crippen LogP contribution in [0.2, 0.25) is 0 Å². The van der Waals surface area contributed by atoms with Crippen molar-refractivity contribution in [2.75, 3.05) is 25.9 Å². The first-order chi connectivity index (χ1) is 10.2. The Bertz CT molecular complexity index is 557. The van der Waals surface area contributed by atoms with Crippen molar-refractivity contribution >= 4 is 17.0 Å². The van der Waals surface area contributed by atoms with Gasteiger partial charge in [0, 0.05) is 19.6 Å². The lowest BCUT2D eigenvalue weighted by Gasteiger charge is -2.15. The SMILES string of the molecule is CC.CCn1c(N)nc2ccccc21.CN1CC=CCC1. The van der Waals surface area contributed by atoms with E-state index in [1.807, 2.05) is 42.7 Å². The highest BCUT2D eigenvalue weighted by atomic mass is 15.1. The van der Waals surface area contributed by atoms with Gasteiger partial charge in [0.2, 0.25) is 5.95 Å². The van der Waals surface area contributed by atoms with Crippen molar-refractivity contribution in [3.05, 3.63) is 36.4 Å². The molecule has 0 atom stereocenters. The van der Waals surface area contributed by atoms with Crippen molar-refractivity contribution in [2.45, 2.75) is 33.7 Å². The highest BCUT2D eigenvalue weighted by Crippen LogP contribution is 2.16. The Balaban J connectivity index is 0.000000210. The number of fused-ring (bicyclic) bond motifs is 1. The molecule has 3 rings (SSSR count). The summed E-state index contributed by atoms with van der Waals surface area (Å²) in [5.74, 6) is 0.596. The summed E-state index contributed by atoms with van der Waals surface area (Å²) in [5.41, 5.74) is 7.79. The molecule has 0 radical (unpaired) electrons. The van der Waals surface area contributed by atoms with Crippen LogP contribution in [-0.2, 0) is 6.54 Å². The highest BCUT2D eigenvalue weighted by Gasteiger charge is 2.03. The van der Waals surface area contributed by atoms with Gasteiger partial charge in [0.1, 0.15) is 0 Å². The molecular formula is C17H28N4. The predicted octanol–water partition coefficient (Wildman–Crippen LogP) is 3.54. The van der Waals surface area contributed by atoms with Crippen molar-refractivity contribution in [1.29, 1.82) is 0 Å². The fourth-order valence-electron chi connectivity index (χ4n) is 2.19. The molecule has 0 bridgehead atoms. The van der Waals surface area contributed by atoms with Crippen LogP contribution in [0.15, 0.2) is 36.4 Å². The van der Waals surface area contributed by atoms with Crippen molar-refractivity contribution < 1.29 is 0 Å². The number of nitrogens with zero attached hydrogens (tertiary/aromatic N) is 3. The Labute approximate surface area is 128 Å². The number of para-hydroxylation sites is 2. The smallest absolute Gasteiger partial charge is 0.201 e. The molecule has 1 aromatic carbocycles. The maximum Gasteiger partial charge on any atom is 0.201 e. The molecule has 4 nitrogen and oxygen atoms in total. The van der Waals surface area contributed by atoms with Crippen LogP contribution >= 0.6 is 0 Å². The van der Waals surface area contributed by atoms with Crippen LogP contribution in [0.25, 0.3) is 11.0 Å². The number of anilines is 1. The van der Waals surface area contributed by atoms with Gasteiger partial charge in [-0.05, 0) is 32.5 Å². The average molecular weight is 288 g/mol. The molecule has 1 aliphatic heterocycles. The third kappa shape index (κ3) is 4.90. The summed E-state index contributed by atoms with van der Waals surface area (Å²) in [6.45, 7) is 9.30. The predicted molar refractivity (Wildman–Crippen MR) is 92.4 cm³/mol. The van der Waals surface area contributed by atoms with E-state index in [1.54, 1.807) is 0 Å². The number of rotatable bonds is 1. The van der Waals surface area contributed by atoms with Crippen LogP contribution < -0.4 is 5.73 Å². The van der Waals surface area contributed by atoms with Gasteiger partial charge in [-0.1, -0.05) is 38.1 Å². The fraction of sp³-hybridized carbons (Fsp3) is 0.471. The summed E-state index contributed by atoms with van der Waals surface area (Å²) in [7, 11) is 2.14. The van der Waals surface area contributed by atoms with Crippen molar-refractivity contribution in [1.82, 2.24) is 14.5 Å². The van der Waals surface area contributed by atoms with Crippen LogP contribution in [0.1, 0.15) is 27.2 Å². The van der Waals surface area contributed by atoms with E-state index in [9.17, 15) is 0 Å². The number of aryl methyl sites for hydroxylation is 1. The molecule has 0 saturated carbocycles. The molecule has 1 aliphatic rings. The van der Waals surface area contributed by atoms with Crippen molar-refractivity contribution in [3.8, 4) is 0 Å². The van der Waals surface area contributed by atoms with Gasteiger partial charge >= 0.3 is 0 Å². The molecule has 0 unspecified atom stereocenters. The third-order valence-corrected chi connectivity index (χ3v) is 3.26. The Morgan fingerprint density at radius 3 is 2.43 bits per heavy atom. The second kappa shape index (κ2) is 9.19. The van der Waals surface area contributed by atoms with E-state index < -0.39 is 0 Å². The molecule has 0 aliphatic carbocycles. The number of nitrogen functional groups attached to an aromatic ring is 1. The lowest BCUT2D eigenvalue weighted by Crippen LogP contribution is -2.21. The largest absolute Gasteiger partial charge is 0.369 e. The lowest BCUT2D eigenvalue weighted by molar-refractivity contribution is 0.366. The number of aromatic nitrogens is 2. The third-order valence-electron chi connectivity index (χ3n) is 3.26. The van der Waals surface area contributed by atoms with E-state index in [0.717, 1.165) is 24.1 Å².